The smallest absolute Gasteiger partial charge is 0.324 e. The van der Waals surface area contributed by atoms with Gasteiger partial charge in [0.2, 0.25) is 11.8 Å². The minimum absolute atomic E-state index is 0.00667. The molecule has 0 radical (unpaired) electrons. The van der Waals surface area contributed by atoms with Crippen molar-refractivity contribution in [1.82, 2.24) is 39.4 Å². The van der Waals surface area contributed by atoms with Crippen molar-refractivity contribution in [2.24, 2.45) is 22.7 Å². The van der Waals surface area contributed by atoms with E-state index >= 15 is 9.59 Å². The molecule has 5 aliphatic heterocycles. The maximum absolute atomic E-state index is 15.1. The van der Waals surface area contributed by atoms with Gasteiger partial charge in [0.25, 0.3) is 5.91 Å². The number of fused-ring (bicyclic) bond motifs is 6. The highest BCUT2D eigenvalue weighted by molar-refractivity contribution is 7.89. The van der Waals surface area contributed by atoms with E-state index in [1.807, 2.05) is 73.3 Å². The number of cyclic esters (lactones) is 1. The zero-order valence-corrected chi connectivity index (χ0v) is 47.9. The third-order valence-corrected chi connectivity index (χ3v) is 19.3. The lowest BCUT2D eigenvalue weighted by atomic mass is 9.84. The Bertz CT molecular complexity index is 3140. The number of benzene rings is 3. The van der Waals surface area contributed by atoms with Crippen LogP contribution in [0.25, 0.3) is 33.3 Å². The van der Waals surface area contributed by atoms with Crippen LogP contribution in [0.4, 0.5) is 0 Å². The van der Waals surface area contributed by atoms with Gasteiger partial charge in [0.05, 0.1) is 47.5 Å². The van der Waals surface area contributed by atoms with Crippen molar-refractivity contribution in [3.63, 3.8) is 0 Å². The molecule has 1 saturated carbocycles. The van der Waals surface area contributed by atoms with Crippen molar-refractivity contribution in [1.29, 1.82) is 0 Å². The van der Waals surface area contributed by atoms with Crippen molar-refractivity contribution in [2.75, 3.05) is 46.4 Å². The molecule has 79 heavy (non-hydrogen) atoms. The number of likely N-dealkylation sites (tertiary alicyclic amines) is 2. The number of phenols is 1. The number of carbonyl (C=O) groups is 4. The van der Waals surface area contributed by atoms with Crippen LogP contribution < -0.4 is 10.7 Å². The molecule has 7 heterocycles. The number of nitrogens with one attached hydrogen (secondary N) is 2. The standard InChI is InChI=1S/C62H78N8O8S/c1-9-68-51-21-18-42-32-47(51)48(55(68)46-12-10-24-63-52(46)39(5)77-8)33-61(6,7)36-78-60(75)49-13-11-25-69(65-49)58(73)50(30-40-28-43(42)31-44(71)29-40)64-57(72)53(37(2)3)66-26-22-62(34-66)23-27-67(35-62)59(74)56-54(41-16-17-41)70(56)79(76)45-19-14-38(4)15-20-45/h10,12,14-15,18-21,24,28-29,31-32,37,39,41,49-50,53-54,56,65,71H,9,11,13,16-17,22-23,25-27,30,33-36H2,1-8H3,(H,64,72)/t39-,49-,50-,53-,54+,56+,62-,70?,79?/m0/s1. The molecular formula is C62H78N8O8S. The minimum atomic E-state index is -1.42. The van der Waals surface area contributed by atoms with E-state index in [-0.39, 0.29) is 60.0 Å². The topological polar surface area (TPSA) is 185 Å². The molecule has 9 atom stereocenters. The van der Waals surface area contributed by atoms with Crippen molar-refractivity contribution < 1.29 is 38.3 Å². The van der Waals surface area contributed by atoms with Gasteiger partial charge in [-0.2, -0.15) is 0 Å². The second-order valence-corrected chi connectivity index (χ2v) is 26.0. The highest BCUT2D eigenvalue weighted by Crippen LogP contribution is 2.52. The van der Waals surface area contributed by atoms with Gasteiger partial charge in [-0.15, -0.1) is 4.31 Å². The summed E-state index contributed by atoms with van der Waals surface area (Å²) in [5.41, 5.74) is 10.8. The van der Waals surface area contributed by atoms with E-state index in [0.717, 1.165) is 80.7 Å². The van der Waals surface area contributed by atoms with Crippen LogP contribution in [0.1, 0.15) is 109 Å². The maximum Gasteiger partial charge on any atom is 0.324 e. The normalized spacial score (nSPS) is 26.5. The summed E-state index contributed by atoms with van der Waals surface area (Å²) in [5, 5.41) is 17.2. The summed E-state index contributed by atoms with van der Waals surface area (Å²) in [5.74, 6) is -0.762. The first-order chi connectivity index (χ1) is 37.9. The Morgan fingerprint density at radius 2 is 1.75 bits per heavy atom. The van der Waals surface area contributed by atoms with Crippen molar-refractivity contribution in [3.05, 3.63) is 101 Å². The third kappa shape index (κ3) is 11.0. The Morgan fingerprint density at radius 1 is 0.975 bits per heavy atom. The zero-order valence-electron chi connectivity index (χ0n) is 47.1. The van der Waals surface area contributed by atoms with Crippen molar-refractivity contribution >= 4 is 46.0 Å². The van der Waals surface area contributed by atoms with E-state index in [4.69, 9.17) is 14.5 Å². The van der Waals surface area contributed by atoms with Crippen LogP contribution in [0, 0.1) is 29.6 Å². The van der Waals surface area contributed by atoms with E-state index in [0.29, 0.717) is 70.0 Å². The molecule has 4 saturated heterocycles. The Labute approximate surface area is 467 Å². The lowest BCUT2D eigenvalue weighted by Gasteiger charge is -2.37. The molecule has 3 aromatic carbocycles. The van der Waals surface area contributed by atoms with E-state index in [1.54, 1.807) is 25.4 Å². The number of esters is 1. The molecule has 11 rings (SSSR count). The molecule has 16 nitrogen and oxygen atoms in total. The van der Waals surface area contributed by atoms with Gasteiger partial charge >= 0.3 is 5.97 Å². The monoisotopic (exact) mass is 1090 g/mol. The Hall–Kier alpha value is -5.82. The molecule has 17 heteroatoms. The number of hydrogen-bond acceptors (Lipinski definition) is 12. The summed E-state index contributed by atoms with van der Waals surface area (Å²) in [6, 6.07) is 20.7. The fourth-order valence-electron chi connectivity index (χ4n) is 13.4. The van der Waals surface area contributed by atoms with Gasteiger partial charge in [-0.1, -0.05) is 57.5 Å². The Kier molecular flexibility index (Phi) is 15.3. The molecule has 1 spiro atoms. The number of methoxy groups -OCH3 is 1. The van der Waals surface area contributed by atoms with Crippen LogP contribution >= 0.6 is 0 Å². The summed E-state index contributed by atoms with van der Waals surface area (Å²) >= 11 is -1.42. The van der Waals surface area contributed by atoms with Gasteiger partial charge in [-0.25, -0.2) is 5.43 Å². The molecule has 5 fully saturated rings. The molecule has 6 aliphatic rings. The summed E-state index contributed by atoms with van der Waals surface area (Å²) < 4.78 is 30.1. The fraction of sp³-hybridized carbons (Fsp3) is 0.532. The number of aryl methyl sites for hydroxylation is 2. The first-order valence-corrected chi connectivity index (χ1v) is 29.8. The van der Waals surface area contributed by atoms with E-state index in [1.165, 1.54) is 5.01 Å². The summed E-state index contributed by atoms with van der Waals surface area (Å²) in [7, 11) is 1.69. The number of aromatic nitrogens is 2. The van der Waals surface area contributed by atoms with Crippen LogP contribution in [-0.4, -0.2) is 139 Å². The quantitative estimate of drug-likeness (QED) is 0.0625. The Morgan fingerprint density at radius 3 is 2.48 bits per heavy atom. The van der Waals surface area contributed by atoms with Gasteiger partial charge in [0, 0.05) is 79.7 Å². The average molecular weight is 1100 g/mol. The highest BCUT2D eigenvalue weighted by Gasteiger charge is 2.67. The van der Waals surface area contributed by atoms with Crippen LogP contribution in [0.5, 0.6) is 5.75 Å². The van der Waals surface area contributed by atoms with Crippen molar-refractivity contribution in [3.8, 4) is 28.1 Å². The first kappa shape index (κ1) is 55.1. The first-order valence-electron chi connectivity index (χ1n) is 28.7. The maximum atomic E-state index is 15.1. The third-order valence-electron chi connectivity index (χ3n) is 17.8. The van der Waals surface area contributed by atoms with E-state index in [2.05, 4.69) is 65.2 Å². The second kappa shape index (κ2) is 21.9. The molecule has 2 unspecified atom stereocenters. The summed E-state index contributed by atoms with van der Waals surface area (Å²) in [4.78, 5) is 68.4. The van der Waals surface area contributed by atoms with Crippen LogP contribution in [0.2, 0.25) is 0 Å². The zero-order chi connectivity index (χ0) is 55.7. The van der Waals surface area contributed by atoms with Crippen LogP contribution in [-0.2, 0) is 59.4 Å². The number of aromatic hydroxyl groups is 1. The molecular weight excluding hydrogens is 1020 g/mol. The van der Waals surface area contributed by atoms with E-state index < -0.39 is 46.9 Å². The number of hydrogen-bond donors (Lipinski definition) is 3. The van der Waals surface area contributed by atoms with E-state index in [9.17, 15) is 19.2 Å². The predicted molar refractivity (Wildman–Crippen MR) is 303 cm³/mol. The highest BCUT2D eigenvalue weighted by atomic mass is 32.2. The minimum Gasteiger partial charge on any atom is -0.593 e. The number of phenolic OH excluding ortho intramolecular Hbond substituents is 1. The number of rotatable bonds is 12. The van der Waals surface area contributed by atoms with Gasteiger partial charge in [0.15, 0.2) is 10.9 Å². The molecule has 6 bridgehead atoms. The number of hydrazine groups is 1. The number of nitrogens with zero attached hydrogens (tertiary/aromatic N) is 6. The summed E-state index contributed by atoms with van der Waals surface area (Å²) in [6.45, 7) is 18.0. The van der Waals surface area contributed by atoms with Crippen LogP contribution in [0.15, 0.2) is 83.9 Å². The van der Waals surface area contributed by atoms with Gasteiger partial charge < -0.3 is 33.9 Å². The SMILES string of the molecule is CCn1c(-c2cccnc2[C@H](C)OC)c2c3cc(ccc31)-c1cc(O)cc(c1)C[C@H](NC(=O)[C@H](C(C)C)N1CC[C@]3(CCN(C(=O)[C@H]4[C@@H](C5CC5)N4[S+]([O-])c4ccc(C)cc4)C3)C1)C(=O)N1CCC[C@H](N1)C(=O)OCC(C)(C)C2. The average Bonchev–Trinajstić information content (AvgIpc) is 4.51. The lowest BCUT2D eigenvalue weighted by molar-refractivity contribution is -0.155. The number of ether oxygens (including phenoxy) is 2. The van der Waals surface area contributed by atoms with Crippen LogP contribution in [0.3, 0.4) is 0 Å². The molecule has 2 aromatic heterocycles. The number of amides is 3. The second-order valence-electron chi connectivity index (χ2n) is 24.6. The largest absolute Gasteiger partial charge is 0.593 e. The molecule has 420 valence electrons. The van der Waals surface area contributed by atoms with Gasteiger partial charge in [-0.05, 0) is 155 Å². The fourth-order valence-corrected chi connectivity index (χ4v) is 14.9. The molecule has 5 aromatic rings. The molecule has 3 N–H and O–H groups in total. The number of carbonyl (C=O) groups excluding carboxylic acids is 4. The predicted octanol–water partition coefficient (Wildman–Crippen LogP) is 7.89. The molecule has 3 amide bonds. The molecule has 1 aliphatic carbocycles. The Balaban J connectivity index is 0.876. The number of pyridine rings is 1. The summed E-state index contributed by atoms with van der Waals surface area (Å²) in [6.07, 6.45) is 6.88. The lowest BCUT2D eigenvalue weighted by Crippen LogP contribution is -2.62. The van der Waals surface area contributed by atoms with Gasteiger partial charge in [-0.3, -0.25) is 34.1 Å². The van der Waals surface area contributed by atoms with Crippen molar-refractivity contribution in [2.45, 2.75) is 148 Å². The van der Waals surface area contributed by atoms with Gasteiger partial charge in [0.1, 0.15) is 17.8 Å².